The maximum Gasteiger partial charge on any atom is 0.140 e. The summed E-state index contributed by atoms with van der Waals surface area (Å²) >= 11 is 3.57. The Labute approximate surface area is 111 Å². The van der Waals surface area contributed by atoms with Gasteiger partial charge in [0.05, 0.1) is 4.47 Å². The summed E-state index contributed by atoms with van der Waals surface area (Å²) in [6.45, 7) is 2.40. The molecule has 0 atom stereocenters. The molecule has 94 valence electrons. The van der Waals surface area contributed by atoms with Gasteiger partial charge in [0, 0.05) is 18.8 Å². The Morgan fingerprint density at radius 3 is 2.76 bits per heavy atom. The first-order chi connectivity index (χ1) is 8.20. The molecule has 0 unspecified atom stereocenters. The molecular formula is C13H19BrN2O. The van der Waals surface area contributed by atoms with Crippen molar-refractivity contribution in [3.63, 3.8) is 0 Å². The minimum Gasteiger partial charge on any atom is -0.396 e. The first-order valence-electron chi connectivity index (χ1n) is 6.19. The first kappa shape index (κ1) is 12.8. The Balaban J connectivity index is 1.95. The van der Waals surface area contributed by atoms with Gasteiger partial charge in [-0.2, -0.15) is 0 Å². The molecule has 17 heavy (non-hydrogen) atoms. The molecule has 0 aromatic carbocycles. The van der Waals surface area contributed by atoms with E-state index in [4.69, 9.17) is 5.11 Å². The van der Waals surface area contributed by atoms with E-state index in [2.05, 4.69) is 33.2 Å². The second-order valence-electron chi connectivity index (χ2n) is 4.84. The third-order valence-corrected chi connectivity index (χ3v) is 4.53. The van der Waals surface area contributed by atoms with Crippen LogP contribution in [-0.4, -0.2) is 22.7 Å². The number of anilines is 1. The van der Waals surface area contributed by atoms with E-state index in [1.54, 1.807) is 0 Å². The minimum atomic E-state index is 0.332. The molecule has 1 aromatic rings. The van der Waals surface area contributed by atoms with Crippen LogP contribution in [0.25, 0.3) is 0 Å². The molecule has 1 aliphatic carbocycles. The molecule has 4 heteroatoms. The minimum absolute atomic E-state index is 0.332. The van der Waals surface area contributed by atoms with Crippen molar-refractivity contribution in [3.8, 4) is 0 Å². The molecule has 0 amide bonds. The second kappa shape index (κ2) is 5.83. The molecule has 0 aliphatic heterocycles. The molecule has 1 heterocycles. The van der Waals surface area contributed by atoms with Crippen molar-refractivity contribution in [2.45, 2.75) is 38.6 Å². The van der Waals surface area contributed by atoms with E-state index < -0.39 is 0 Å². The number of aliphatic hydroxyl groups is 1. The van der Waals surface area contributed by atoms with Crippen molar-refractivity contribution in [1.82, 2.24) is 4.98 Å². The predicted molar refractivity (Wildman–Crippen MR) is 73.1 cm³/mol. The van der Waals surface area contributed by atoms with Gasteiger partial charge < -0.3 is 10.4 Å². The number of hydrogen-bond acceptors (Lipinski definition) is 3. The zero-order chi connectivity index (χ0) is 12.3. The molecule has 0 saturated heterocycles. The van der Waals surface area contributed by atoms with Gasteiger partial charge in [-0.25, -0.2) is 4.98 Å². The largest absolute Gasteiger partial charge is 0.396 e. The van der Waals surface area contributed by atoms with Crippen LogP contribution >= 0.6 is 15.9 Å². The Morgan fingerprint density at radius 1 is 1.41 bits per heavy atom. The van der Waals surface area contributed by atoms with Gasteiger partial charge in [-0.15, -0.1) is 0 Å². The molecule has 0 radical (unpaired) electrons. The van der Waals surface area contributed by atoms with Crippen LogP contribution < -0.4 is 5.32 Å². The summed E-state index contributed by atoms with van der Waals surface area (Å²) in [6.07, 6.45) is 6.29. The normalized spacial score (nSPS) is 24.6. The average molecular weight is 299 g/mol. The van der Waals surface area contributed by atoms with E-state index in [9.17, 15) is 0 Å². The van der Waals surface area contributed by atoms with Crippen molar-refractivity contribution in [3.05, 3.63) is 22.3 Å². The van der Waals surface area contributed by atoms with Gasteiger partial charge in [-0.05, 0) is 66.1 Å². The molecule has 0 spiro atoms. The highest BCUT2D eigenvalue weighted by atomic mass is 79.9. The Kier molecular flexibility index (Phi) is 4.40. The third-order valence-electron chi connectivity index (χ3n) is 3.53. The fourth-order valence-electron chi connectivity index (χ4n) is 2.32. The summed E-state index contributed by atoms with van der Waals surface area (Å²) in [6, 6.07) is 2.49. The van der Waals surface area contributed by atoms with Crippen LogP contribution in [0.3, 0.4) is 0 Å². The lowest BCUT2D eigenvalue weighted by Gasteiger charge is -2.28. The molecular weight excluding hydrogens is 280 g/mol. The van der Waals surface area contributed by atoms with E-state index in [0.717, 1.165) is 36.0 Å². The summed E-state index contributed by atoms with van der Waals surface area (Å²) < 4.78 is 1.06. The van der Waals surface area contributed by atoms with E-state index in [0.29, 0.717) is 18.6 Å². The molecule has 3 nitrogen and oxygen atoms in total. The molecule has 2 N–H and O–H groups in total. The van der Waals surface area contributed by atoms with E-state index in [1.807, 2.05) is 12.3 Å². The van der Waals surface area contributed by atoms with Crippen LogP contribution in [0.4, 0.5) is 5.82 Å². The fraction of sp³-hybridized carbons (Fsp3) is 0.615. The molecule has 1 aliphatic rings. The summed E-state index contributed by atoms with van der Waals surface area (Å²) in [5.41, 5.74) is 1.20. The highest BCUT2D eigenvalue weighted by molar-refractivity contribution is 9.10. The lowest BCUT2D eigenvalue weighted by molar-refractivity contribution is 0.185. The number of hydrogen-bond donors (Lipinski definition) is 2. The molecule has 1 fully saturated rings. The Bertz CT molecular complexity index is 376. The lowest BCUT2D eigenvalue weighted by Crippen LogP contribution is -2.27. The van der Waals surface area contributed by atoms with Crippen LogP contribution in [0.1, 0.15) is 31.2 Å². The summed E-state index contributed by atoms with van der Waals surface area (Å²) in [5, 5.41) is 12.6. The first-order valence-corrected chi connectivity index (χ1v) is 6.98. The van der Waals surface area contributed by atoms with Gasteiger partial charge >= 0.3 is 0 Å². The zero-order valence-electron chi connectivity index (χ0n) is 10.1. The highest BCUT2D eigenvalue weighted by Crippen LogP contribution is 2.29. The van der Waals surface area contributed by atoms with Crippen LogP contribution in [0.2, 0.25) is 0 Å². The number of nitrogens with zero attached hydrogens (tertiary/aromatic N) is 1. The van der Waals surface area contributed by atoms with Crippen molar-refractivity contribution in [2.75, 3.05) is 11.9 Å². The maximum absolute atomic E-state index is 9.11. The maximum atomic E-state index is 9.11. The Hall–Kier alpha value is -0.610. The number of rotatable bonds is 3. The monoisotopic (exact) mass is 298 g/mol. The van der Waals surface area contributed by atoms with Crippen molar-refractivity contribution < 1.29 is 5.11 Å². The highest BCUT2D eigenvalue weighted by Gasteiger charge is 2.21. The van der Waals surface area contributed by atoms with Gasteiger partial charge in [-0.1, -0.05) is 0 Å². The Morgan fingerprint density at radius 2 is 2.12 bits per heavy atom. The summed E-state index contributed by atoms with van der Waals surface area (Å²) in [4.78, 5) is 4.37. The summed E-state index contributed by atoms with van der Waals surface area (Å²) in [7, 11) is 0. The number of halogens is 1. The molecule has 1 saturated carbocycles. The van der Waals surface area contributed by atoms with Crippen LogP contribution in [0.5, 0.6) is 0 Å². The zero-order valence-corrected chi connectivity index (χ0v) is 11.7. The molecule has 1 aromatic heterocycles. The second-order valence-corrected chi connectivity index (χ2v) is 5.63. The molecule has 2 rings (SSSR count). The number of aromatic nitrogens is 1. The van der Waals surface area contributed by atoms with Crippen molar-refractivity contribution in [2.24, 2.45) is 5.92 Å². The van der Waals surface area contributed by atoms with E-state index >= 15 is 0 Å². The van der Waals surface area contributed by atoms with Gasteiger partial charge in [0.25, 0.3) is 0 Å². The fourth-order valence-corrected chi connectivity index (χ4v) is 2.67. The number of nitrogens with one attached hydrogen (secondary N) is 1. The molecule has 0 bridgehead atoms. The van der Waals surface area contributed by atoms with E-state index in [1.165, 1.54) is 5.56 Å². The predicted octanol–water partition coefficient (Wildman–Crippen LogP) is 3.12. The topological polar surface area (TPSA) is 45.2 Å². The van der Waals surface area contributed by atoms with Gasteiger partial charge in [-0.3, -0.25) is 0 Å². The van der Waals surface area contributed by atoms with Gasteiger partial charge in [0.15, 0.2) is 0 Å². The van der Waals surface area contributed by atoms with E-state index in [-0.39, 0.29) is 0 Å². The standard InChI is InChI=1S/C13H19BrN2O/c1-9-6-7-15-13(12(9)14)16-11-4-2-10(8-17)3-5-11/h6-7,10-11,17H,2-5,8H2,1H3,(H,15,16). The van der Waals surface area contributed by atoms with Crippen molar-refractivity contribution in [1.29, 1.82) is 0 Å². The number of aliphatic hydroxyl groups excluding tert-OH is 1. The van der Waals surface area contributed by atoms with Gasteiger partial charge in [0.2, 0.25) is 0 Å². The van der Waals surface area contributed by atoms with Crippen LogP contribution in [-0.2, 0) is 0 Å². The SMILES string of the molecule is Cc1ccnc(NC2CCC(CO)CC2)c1Br. The lowest BCUT2D eigenvalue weighted by atomic mass is 9.86. The quantitative estimate of drug-likeness (QED) is 0.901. The van der Waals surface area contributed by atoms with Crippen molar-refractivity contribution >= 4 is 21.7 Å². The van der Waals surface area contributed by atoms with Gasteiger partial charge in [0.1, 0.15) is 5.82 Å². The number of pyridine rings is 1. The number of aryl methyl sites for hydroxylation is 1. The summed E-state index contributed by atoms with van der Waals surface area (Å²) in [5.74, 6) is 1.44. The van der Waals surface area contributed by atoms with Crippen LogP contribution in [0.15, 0.2) is 16.7 Å². The average Bonchev–Trinajstić information content (AvgIpc) is 2.36. The van der Waals surface area contributed by atoms with Crippen LogP contribution in [0, 0.1) is 12.8 Å². The third kappa shape index (κ3) is 3.19. The smallest absolute Gasteiger partial charge is 0.140 e.